The Morgan fingerprint density at radius 1 is 0.294 bits per heavy atom. The fourth-order valence-electron chi connectivity index (χ4n) is 0. The molecule has 0 aliphatic rings. The van der Waals surface area contributed by atoms with E-state index in [1.54, 1.807) is 0 Å². The third-order valence-corrected chi connectivity index (χ3v) is 0. The van der Waals surface area contributed by atoms with E-state index in [2.05, 4.69) is 0 Å². The summed E-state index contributed by atoms with van der Waals surface area (Å²) in [7, 11) is 0. The number of carbonyl (C=O) groups excluding carboxylic acids is 5. The van der Waals surface area contributed by atoms with Crippen molar-refractivity contribution in [3.05, 3.63) is 0 Å². The van der Waals surface area contributed by atoms with Gasteiger partial charge in [-0.15, -0.1) is 0 Å². The van der Waals surface area contributed by atoms with E-state index in [1.807, 2.05) is 0 Å². The Morgan fingerprint density at radius 3 is 0.294 bits per heavy atom. The van der Waals surface area contributed by atoms with Gasteiger partial charge in [-0.05, 0) is 30.8 Å². The molecule has 0 atom stereocenters. The first-order valence-electron chi connectivity index (χ1n) is 3.06. The summed E-state index contributed by atoms with van der Waals surface area (Å²) in [5.74, 6) is 0. The van der Waals surface area contributed by atoms with Gasteiger partial charge >= 0.3 is 121 Å². The van der Waals surface area contributed by atoms with Crippen LogP contribution in [0.4, 0.5) is 24.0 Å². The minimum Gasteiger partial charge on any atom is -0.870 e. The van der Waals surface area contributed by atoms with Crippen molar-refractivity contribution in [2.45, 2.75) is 0 Å². The summed E-state index contributed by atoms with van der Waals surface area (Å²) in [4.78, 5) is 41.7. The molecule has 0 bridgehead atoms. The fourth-order valence-corrected chi connectivity index (χ4v) is 0. The topological polar surface area (TPSA) is 560 Å². The molecule has 0 rings (SSSR count). The maximum Gasteiger partial charge on any atom is 3.00 e. The molecule has 0 aromatic rings. The van der Waals surface area contributed by atoms with Crippen molar-refractivity contribution in [1.82, 2.24) is 0 Å². The van der Waals surface area contributed by atoms with Gasteiger partial charge in [0.05, 0.1) is 0 Å². The van der Waals surface area contributed by atoms with Crippen LogP contribution in [0.2, 0.25) is 0 Å². The molecule has 0 saturated carbocycles. The summed E-state index contributed by atoms with van der Waals surface area (Å²) in [5.41, 5.74) is 0. The smallest absolute Gasteiger partial charge is 0.870 e. The normalized spacial score (nSPS) is 3.53. The second kappa shape index (κ2) is 151. The van der Waals surface area contributed by atoms with Crippen molar-refractivity contribution in [3.8, 4) is 0 Å². The second-order valence-corrected chi connectivity index (χ2v) is 1.25. The molecule has 0 aromatic carbocycles. The summed E-state index contributed by atoms with van der Waals surface area (Å²) in [6, 6.07) is 0. The van der Waals surface area contributed by atoms with Crippen molar-refractivity contribution in [2.75, 3.05) is 0 Å². The minimum absolute atomic E-state index is 0. The maximum atomic E-state index is 8.33. The number of carboxylic acid groups (broad SMARTS) is 10. The maximum absolute atomic E-state index is 8.33. The molecular weight excluding hydrogens is 582 g/mol. The van der Waals surface area contributed by atoms with E-state index in [0.717, 1.165) is 0 Å². The van der Waals surface area contributed by atoms with Gasteiger partial charge < -0.3 is 119 Å². The average Bonchev–Trinajstić information content (AvgIpc) is 1.94. The summed E-state index contributed by atoms with van der Waals surface area (Å²) in [5, 5.41) is 83.3. The molecule has 0 aliphatic carbocycles. The molecule has 29 heteroatoms. The number of hydrogen-bond donors (Lipinski definition) is 0. The first-order valence-corrected chi connectivity index (χ1v) is 3.06. The van der Waals surface area contributed by atoms with Gasteiger partial charge in [0.2, 0.25) is 0 Å². The Hall–Kier alpha value is -0.0739. The predicted molar refractivity (Wildman–Crippen MR) is 82.0 cm³/mol. The summed E-state index contributed by atoms with van der Waals surface area (Å²) >= 11 is 0. The summed E-state index contributed by atoms with van der Waals surface area (Å²) < 4.78 is 0. The van der Waals surface area contributed by atoms with Crippen LogP contribution < -0.4 is 51.1 Å². The molecule has 0 unspecified atom stereocenters. The van der Waals surface area contributed by atoms with Crippen molar-refractivity contribution in [3.63, 3.8) is 0 Å². The van der Waals surface area contributed by atoms with Crippen LogP contribution in [0.15, 0.2) is 0 Å². The van der Waals surface area contributed by atoms with Crippen LogP contribution in [0.3, 0.4) is 0 Å². The van der Waals surface area contributed by atoms with Crippen molar-refractivity contribution >= 4 is 152 Å². The SMILES string of the molecule is O.O.O.O=C([O-])[O-].O=C([O-])[O-].O=C([O-])[O-].O=C([O-])[O-].O=C([O-])[O-].[Al+3].[Al+3].[Al+3].[Mg+2].[Mg+2].[Mg+2].[OH-].[OH-].[OH-].[OH-].[OH-]. The van der Waals surface area contributed by atoms with Gasteiger partial charge in [-0.25, -0.2) is 0 Å². The molecular formula is C5H11Al3Mg3O23. The number of carbonyl (C=O) groups is 5. The molecule has 0 heterocycles. The zero-order valence-corrected chi connectivity index (χ0v) is 23.9. The molecule has 0 saturated heterocycles. The summed E-state index contributed by atoms with van der Waals surface area (Å²) in [6.07, 6.45) is -11.7. The number of hydrogen-bond acceptors (Lipinski definition) is 20. The zero-order chi connectivity index (χ0) is 17.9. The largest absolute Gasteiger partial charge is 3.00 e. The molecule has 0 spiro atoms. The molecule has 0 radical (unpaired) electrons. The third kappa shape index (κ3) is 5590000. The van der Waals surface area contributed by atoms with Gasteiger partial charge in [-0.2, -0.15) is 0 Å². The Kier molecular flexibility index (Phi) is 731. The van der Waals surface area contributed by atoms with E-state index in [0.29, 0.717) is 0 Å². The van der Waals surface area contributed by atoms with Crippen LogP contribution >= 0.6 is 0 Å². The molecule has 184 valence electrons. The van der Waals surface area contributed by atoms with E-state index in [4.69, 9.17) is 75.0 Å². The van der Waals surface area contributed by atoms with Gasteiger partial charge in [0.15, 0.2) is 0 Å². The van der Waals surface area contributed by atoms with Gasteiger partial charge in [0.1, 0.15) is 0 Å². The van der Waals surface area contributed by atoms with Crippen LogP contribution in [-0.2, 0) is 0 Å². The Morgan fingerprint density at radius 2 is 0.294 bits per heavy atom. The Balaban J connectivity index is -0.00000000441. The Bertz CT molecular complexity index is 233. The van der Waals surface area contributed by atoms with Crippen molar-refractivity contribution in [1.29, 1.82) is 0 Å². The van der Waals surface area contributed by atoms with Crippen LogP contribution in [-0.4, -0.2) is 196 Å². The fraction of sp³-hybridized carbons (Fsp3) is 0. The van der Waals surface area contributed by atoms with Gasteiger partial charge in [-0.3, -0.25) is 0 Å². The minimum atomic E-state index is -2.33. The van der Waals surface area contributed by atoms with Crippen LogP contribution in [0.1, 0.15) is 0 Å². The van der Waals surface area contributed by atoms with E-state index in [-0.39, 0.29) is 165 Å². The van der Waals surface area contributed by atoms with E-state index < -0.39 is 30.8 Å². The molecule has 0 aromatic heterocycles. The van der Waals surface area contributed by atoms with Gasteiger partial charge in [-0.1, -0.05) is 0 Å². The first-order chi connectivity index (χ1) is 8.66. The Labute approximate surface area is 268 Å². The molecule has 0 aliphatic heterocycles. The molecule has 23 nitrogen and oxygen atoms in total. The molecule has 11 N–H and O–H groups in total. The van der Waals surface area contributed by atoms with E-state index >= 15 is 0 Å². The standard InChI is InChI=1S/5CH2O3.3Al.3Mg.8H2O/c5*2-1(3)4;;;;;;;;;;;;;;/h5*(H2,2,3,4);;;;;;;8*1H2/q;;;;;3*+3;3*+2;;;;;;;;/p-15. The zero-order valence-electron chi connectivity index (χ0n) is 16.2. The molecule has 0 fully saturated rings. The van der Waals surface area contributed by atoms with Gasteiger partial charge in [0, 0.05) is 0 Å². The average molecular weight is 593 g/mol. The quantitative estimate of drug-likeness (QED) is 0.235. The van der Waals surface area contributed by atoms with Crippen LogP contribution in [0.5, 0.6) is 0 Å². The molecule has 34 heavy (non-hydrogen) atoms. The van der Waals surface area contributed by atoms with E-state index in [1.165, 1.54) is 0 Å². The third-order valence-electron chi connectivity index (χ3n) is 0. The van der Waals surface area contributed by atoms with E-state index in [9.17, 15) is 0 Å². The summed E-state index contributed by atoms with van der Waals surface area (Å²) in [6.45, 7) is 0. The number of rotatable bonds is 0. The van der Waals surface area contributed by atoms with Crippen LogP contribution in [0.25, 0.3) is 0 Å². The van der Waals surface area contributed by atoms with Crippen molar-refractivity contribution in [2.24, 2.45) is 0 Å². The first kappa shape index (κ1) is 165. The monoisotopic (exact) mass is 592 g/mol. The van der Waals surface area contributed by atoms with Crippen LogP contribution in [0, 0.1) is 0 Å². The predicted octanol–water partition coefficient (Wildman–Crippen LogP) is -17.9. The molecule has 0 amide bonds. The second-order valence-electron chi connectivity index (χ2n) is 1.25. The van der Waals surface area contributed by atoms with Crippen molar-refractivity contribution < 1.29 is 119 Å². The van der Waals surface area contributed by atoms with Gasteiger partial charge in [0.25, 0.3) is 0 Å².